The van der Waals surface area contributed by atoms with E-state index in [0.29, 0.717) is 0 Å². The molecule has 0 saturated carbocycles. The Hall–Kier alpha value is 3.43. The van der Waals surface area contributed by atoms with Crippen LogP contribution in [-0.4, -0.2) is 30.8 Å². The van der Waals surface area contributed by atoms with E-state index >= 15 is 0 Å². The van der Waals surface area contributed by atoms with Gasteiger partial charge in [-0.1, -0.05) is 0 Å². The zero-order valence-corrected chi connectivity index (χ0v) is 14.9. The van der Waals surface area contributed by atoms with Crippen LogP contribution in [0.1, 0.15) is 0 Å². The first-order valence-corrected chi connectivity index (χ1v) is 5.10. The minimum atomic E-state index is -5.17. The molecule has 12 heteroatoms. The fourth-order valence-electron chi connectivity index (χ4n) is 0. The maximum atomic E-state index is 9.11. The van der Waals surface area contributed by atoms with Crippen molar-refractivity contribution in [3.05, 3.63) is 0 Å². The van der Waals surface area contributed by atoms with Crippen LogP contribution in [0.25, 0.3) is 0 Å². The number of rotatable bonds is 0. The van der Waals surface area contributed by atoms with Gasteiger partial charge < -0.3 is 9.11 Å². The summed E-state index contributed by atoms with van der Waals surface area (Å²) in [6.45, 7) is 0. The third kappa shape index (κ3) is 176. The molecule has 0 aromatic rings. The largest absolute Gasteiger partial charge is 1.00 e. The first kappa shape index (κ1) is 24.6. The van der Waals surface area contributed by atoms with Crippen molar-refractivity contribution in [1.29, 1.82) is 0 Å². The Bertz CT molecular complexity index is 213. The van der Waals surface area contributed by atoms with Gasteiger partial charge in [-0.2, -0.15) is 4.21 Å². The van der Waals surface area contributed by atoms with Crippen LogP contribution in [0.15, 0.2) is 0 Å². The van der Waals surface area contributed by atoms with Gasteiger partial charge >= 0.3 is 103 Å². The summed E-state index contributed by atoms with van der Waals surface area (Å²) >= 11 is 3.47. The van der Waals surface area contributed by atoms with E-state index in [0.717, 1.165) is 0 Å². The van der Waals surface area contributed by atoms with E-state index in [1.807, 2.05) is 0 Å². The van der Waals surface area contributed by atoms with Crippen LogP contribution in [-0.2, 0) is 30.6 Å². The summed E-state index contributed by atoms with van der Waals surface area (Å²) in [6, 6.07) is 0. The third-order valence-corrected chi connectivity index (χ3v) is 0. The molecule has 0 aliphatic carbocycles. The topological polar surface area (TPSA) is 138 Å². The van der Waals surface area contributed by atoms with Crippen LogP contribution >= 0.6 is 0 Å². The Morgan fingerprint density at radius 2 is 1.00 bits per heavy atom. The van der Waals surface area contributed by atoms with Gasteiger partial charge in [0.25, 0.3) is 9.05 Å². The second-order valence-corrected chi connectivity index (χ2v) is 3.87. The van der Waals surface area contributed by atoms with E-state index in [4.69, 9.17) is 30.8 Å². The average Bonchev–Trinajstić information content (AvgIpc) is 1.12. The van der Waals surface area contributed by atoms with Gasteiger partial charge in [-0.05, 0) is 0 Å². The van der Waals surface area contributed by atoms with Gasteiger partial charge in [-0.25, -0.2) is 0 Å². The molecule has 0 saturated heterocycles. The summed E-state index contributed by atoms with van der Waals surface area (Å²) in [5.74, 6) is 0. The van der Waals surface area contributed by atoms with Crippen LogP contribution < -0.4 is 103 Å². The molecule has 0 spiro atoms. The van der Waals surface area contributed by atoms with Crippen molar-refractivity contribution < 1.29 is 134 Å². The van der Waals surface area contributed by atoms with Crippen molar-refractivity contribution in [2.45, 2.75) is 0 Å². The van der Waals surface area contributed by atoms with Gasteiger partial charge in [0.2, 0.25) is 0 Å². The van der Waals surface area contributed by atoms with Crippen molar-refractivity contribution >= 4 is 30.6 Å². The van der Waals surface area contributed by atoms with Crippen molar-refractivity contribution in [2.75, 3.05) is 0 Å². The van der Waals surface area contributed by atoms with Crippen LogP contribution in [0.4, 0.5) is 0 Å². The first-order valence-electron chi connectivity index (χ1n) is 1.37. The quantitative estimate of drug-likeness (QED) is 0.255. The van der Waals surface area contributed by atoms with E-state index in [1.54, 1.807) is 0 Å². The van der Waals surface area contributed by atoms with Gasteiger partial charge in [-0.3, -0.25) is 17.5 Å². The molecule has 0 aliphatic heterocycles. The summed E-state index contributed by atoms with van der Waals surface area (Å²) in [5.41, 5.74) is 0. The van der Waals surface area contributed by atoms with Gasteiger partial charge in [-0.15, -0.1) is 0 Å². The Balaban J connectivity index is -0.0000000457. The van der Waals surface area contributed by atoms with E-state index < -0.39 is 19.5 Å². The van der Waals surface area contributed by atoms with Gasteiger partial charge in [0.1, 0.15) is 0 Å². The number of hydrogen-bond acceptors (Lipinski definition) is 6. The van der Waals surface area contributed by atoms with Gasteiger partial charge in [0.05, 0.1) is 0 Å². The fourth-order valence-corrected chi connectivity index (χ4v) is 0. The standard InChI is InChI=1S/2K.H2O4S.H2O3S2/c;;2*1-5(2,3)4/h;;2*(H2,1,2,3,4)/q2*+1;;/p-2. The zero-order valence-electron chi connectivity index (χ0n) is 6.16. The van der Waals surface area contributed by atoms with Crippen molar-refractivity contribution in [3.8, 4) is 0 Å². The smallest absolute Gasteiger partial charge is 0.759 e. The third-order valence-electron chi connectivity index (χ3n) is 0. The average molecular weight is 288 g/mol. The minimum Gasteiger partial charge on any atom is -0.759 e. The second-order valence-electron chi connectivity index (χ2n) is 0.856. The Labute approximate surface area is 160 Å². The molecule has 2 N–H and O–H groups in total. The molecule has 0 radical (unpaired) electrons. The molecule has 0 fully saturated rings. The Kier molecular flexibility index (Phi) is 22.4. The predicted molar refractivity (Wildman–Crippen MR) is 31.2 cm³/mol. The van der Waals surface area contributed by atoms with Crippen LogP contribution in [0.3, 0.4) is 0 Å². The van der Waals surface area contributed by atoms with E-state index in [2.05, 4.69) is 11.2 Å². The van der Waals surface area contributed by atoms with Crippen molar-refractivity contribution in [3.63, 3.8) is 0 Å². The maximum absolute atomic E-state index is 9.11. The molecule has 0 aromatic carbocycles. The SMILES string of the molecule is O=S(=O)([O-])[O-].O=S(O)(O)=S.[K+].[K+]. The first-order chi connectivity index (χ1) is 4.00. The molecule has 0 rings (SSSR count). The molecule has 0 bridgehead atoms. The molecule has 0 unspecified atom stereocenters. The molecule has 0 heterocycles. The maximum Gasteiger partial charge on any atom is 1.00 e. The second kappa shape index (κ2) is 10.9. The monoisotopic (exact) mass is 288 g/mol. The molecular weight excluding hydrogens is 286 g/mol. The van der Waals surface area contributed by atoms with Crippen LogP contribution in [0.5, 0.6) is 0 Å². The van der Waals surface area contributed by atoms with Crippen molar-refractivity contribution in [1.82, 2.24) is 0 Å². The Morgan fingerprint density at radius 1 is 1.00 bits per heavy atom. The van der Waals surface area contributed by atoms with E-state index in [1.165, 1.54) is 0 Å². The normalized spacial score (nSPS) is 9.67. The summed E-state index contributed by atoms with van der Waals surface area (Å²) < 4.78 is 58.0. The molecule has 0 aliphatic rings. The summed E-state index contributed by atoms with van der Waals surface area (Å²) in [5, 5.41) is 0. The number of hydrogen-bond donors (Lipinski definition) is 2. The predicted octanol–water partition coefficient (Wildman–Crippen LogP) is -7.65. The van der Waals surface area contributed by atoms with E-state index in [-0.39, 0.29) is 103 Å². The molecule has 7 nitrogen and oxygen atoms in total. The van der Waals surface area contributed by atoms with Crippen molar-refractivity contribution in [2.24, 2.45) is 0 Å². The molecule has 0 aromatic heterocycles. The molecule has 0 amide bonds. The Morgan fingerprint density at radius 3 is 1.00 bits per heavy atom. The summed E-state index contributed by atoms with van der Waals surface area (Å²) in [6.07, 6.45) is 0. The fraction of sp³-hybridized carbons (Fsp3) is 0. The van der Waals surface area contributed by atoms with Crippen LogP contribution in [0.2, 0.25) is 0 Å². The molecule has 64 valence electrons. The minimum absolute atomic E-state index is 0. The van der Waals surface area contributed by atoms with Gasteiger partial charge in [0.15, 0.2) is 0 Å². The molecule has 12 heavy (non-hydrogen) atoms. The van der Waals surface area contributed by atoms with Crippen LogP contribution in [0, 0.1) is 0 Å². The summed E-state index contributed by atoms with van der Waals surface area (Å²) in [4.78, 5) is 0. The molecular formula is H2K2O7S3. The van der Waals surface area contributed by atoms with Gasteiger partial charge in [0, 0.05) is 21.6 Å². The van der Waals surface area contributed by atoms with E-state index in [9.17, 15) is 0 Å². The zero-order chi connectivity index (χ0) is 9.00. The summed E-state index contributed by atoms with van der Waals surface area (Å²) in [7, 11) is -9.00. The molecule has 0 atom stereocenters.